The minimum absolute atomic E-state index is 0.0562. The van der Waals surface area contributed by atoms with Crippen LogP contribution < -0.4 is 10.6 Å². The fourth-order valence-corrected chi connectivity index (χ4v) is 11.5. The Bertz CT molecular complexity index is 3250. The number of aromatic nitrogens is 1. The number of hydrogen-bond donors (Lipinski definition) is 2. The maximum Gasteiger partial charge on any atom is 0.130 e. The molecule has 9 aromatic rings. The SMILES string of the molecule is C1=CC=C(C2NC(C3C=CC=CC3)=NC(c3cccc4c3sc3cccc(-c5cccc6c5sc5ccc(-n7c8ccccc8c8ccccc87)cc56)c34)N2)C=1. The lowest BCUT2D eigenvalue weighted by molar-refractivity contribution is 0.433. The van der Waals surface area contributed by atoms with Crippen LogP contribution in [0.3, 0.4) is 0 Å². The molecule has 0 bridgehead atoms. The summed E-state index contributed by atoms with van der Waals surface area (Å²) in [5, 5.41) is 15.3. The highest BCUT2D eigenvalue weighted by Gasteiger charge is 2.30. The van der Waals surface area contributed by atoms with Gasteiger partial charge >= 0.3 is 0 Å². The predicted molar refractivity (Wildman–Crippen MR) is 239 cm³/mol. The Morgan fingerprint density at radius 3 is 2.27 bits per heavy atom. The van der Waals surface area contributed by atoms with Crippen LogP contribution >= 0.6 is 22.7 Å². The van der Waals surface area contributed by atoms with Gasteiger partial charge in [0.05, 0.1) is 11.0 Å². The maximum absolute atomic E-state index is 5.37. The van der Waals surface area contributed by atoms with E-state index >= 15 is 0 Å². The zero-order valence-corrected chi connectivity index (χ0v) is 31.9. The molecule has 6 aromatic carbocycles. The molecule has 12 rings (SSSR count). The molecule has 0 saturated carbocycles. The average Bonchev–Trinajstić information content (AvgIpc) is 4.07. The summed E-state index contributed by atoms with van der Waals surface area (Å²) in [7, 11) is 0. The van der Waals surface area contributed by atoms with Gasteiger partial charge in [-0.25, -0.2) is 4.99 Å². The Kier molecular flexibility index (Phi) is 7.23. The number of fused-ring (bicyclic) bond motifs is 9. The molecule has 4 nitrogen and oxygen atoms in total. The minimum Gasteiger partial charge on any atom is -0.354 e. The van der Waals surface area contributed by atoms with Gasteiger partial charge in [0.1, 0.15) is 18.2 Å². The molecule has 3 atom stereocenters. The smallest absolute Gasteiger partial charge is 0.130 e. The van der Waals surface area contributed by atoms with E-state index in [1.54, 1.807) is 0 Å². The molecule has 266 valence electrons. The molecule has 0 spiro atoms. The lowest BCUT2D eigenvalue weighted by Crippen LogP contribution is -2.53. The van der Waals surface area contributed by atoms with Crippen LogP contribution in [-0.2, 0) is 0 Å². The molecule has 2 N–H and O–H groups in total. The van der Waals surface area contributed by atoms with Crippen LogP contribution in [0.4, 0.5) is 0 Å². The van der Waals surface area contributed by atoms with E-state index in [4.69, 9.17) is 4.99 Å². The highest BCUT2D eigenvalue weighted by atomic mass is 32.1. The molecule has 0 radical (unpaired) electrons. The number of nitrogens with one attached hydrogen (secondary N) is 2. The van der Waals surface area contributed by atoms with Gasteiger partial charge in [-0.1, -0.05) is 109 Å². The third-order valence-corrected chi connectivity index (χ3v) is 14.1. The third-order valence-electron chi connectivity index (χ3n) is 11.6. The lowest BCUT2D eigenvalue weighted by Gasteiger charge is -2.34. The van der Waals surface area contributed by atoms with Crippen LogP contribution in [0.15, 0.2) is 180 Å². The summed E-state index contributed by atoms with van der Waals surface area (Å²) in [6, 6.07) is 44.9. The first-order valence-electron chi connectivity index (χ1n) is 19.2. The number of hydrogen-bond acceptors (Lipinski definition) is 5. The van der Waals surface area contributed by atoms with Crippen molar-refractivity contribution < 1.29 is 0 Å². The summed E-state index contributed by atoms with van der Waals surface area (Å²) in [6.45, 7) is 0. The normalized spacial score (nSPS) is 19.2. The number of allylic oxidation sites excluding steroid dienone is 4. The van der Waals surface area contributed by atoms with Gasteiger partial charge in [0, 0.05) is 73.8 Å². The summed E-state index contributed by atoms with van der Waals surface area (Å²) in [5.41, 5.74) is 11.8. The van der Waals surface area contributed by atoms with E-state index in [0.29, 0.717) is 0 Å². The number of aliphatic imine (C=N–C) groups is 1. The largest absolute Gasteiger partial charge is 0.354 e. The van der Waals surface area contributed by atoms with E-state index in [9.17, 15) is 0 Å². The van der Waals surface area contributed by atoms with Crippen LogP contribution in [0, 0.1) is 5.92 Å². The second kappa shape index (κ2) is 12.6. The van der Waals surface area contributed by atoms with Gasteiger partial charge in [-0.3, -0.25) is 5.32 Å². The molecule has 0 fully saturated rings. The van der Waals surface area contributed by atoms with Gasteiger partial charge in [-0.15, -0.1) is 28.4 Å². The first kappa shape index (κ1) is 32.0. The molecule has 56 heavy (non-hydrogen) atoms. The standard InChI is InChI=1S/C50H34N4S2/c1-2-13-30(14-3-1)48-51-49(31-15-4-5-16-31)53-50(52-48)39-23-11-22-38-45-35(19-12-26-44(45)56-47(38)39)36-20-10-21-37-40-29-32(27-28-43(40)55-46(36)37)54-41-24-8-6-17-33(41)34-18-7-9-25-42(34)54/h1-4,6-13,15-30,49-50,53H,14H2,(H,51,52). The van der Waals surface area contributed by atoms with Gasteiger partial charge in [0.15, 0.2) is 0 Å². The first-order chi connectivity index (χ1) is 27.8. The highest BCUT2D eigenvalue weighted by Crippen LogP contribution is 2.47. The maximum atomic E-state index is 5.37. The molecule has 3 aliphatic rings. The van der Waals surface area contributed by atoms with Crippen LogP contribution in [-0.4, -0.2) is 16.6 Å². The van der Waals surface area contributed by atoms with E-state index in [-0.39, 0.29) is 18.2 Å². The Hall–Kier alpha value is -6.27. The second-order valence-electron chi connectivity index (χ2n) is 14.8. The van der Waals surface area contributed by atoms with Gasteiger partial charge in [0.2, 0.25) is 0 Å². The van der Waals surface area contributed by atoms with Crippen LogP contribution in [0.5, 0.6) is 0 Å². The molecule has 6 heteroatoms. The third kappa shape index (κ3) is 4.91. The summed E-state index contributed by atoms with van der Waals surface area (Å²) in [5.74, 6) is 1.25. The molecule has 3 unspecified atom stereocenters. The van der Waals surface area contributed by atoms with Crippen LogP contribution in [0.2, 0.25) is 0 Å². The summed E-state index contributed by atoms with van der Waals surface area (Å²) >= 11 is 3.78. The van der Waals surface area contributed by atoms with Gasteiger partial charge < -0.3 is 9.88 Å². The summed E-state index contributed by atoms with van der Waals surface area (Å²) in [6.07, 6.45) is 15.6. The summed E-state index contributed by atoms with van der Waals surface area (Å²) in [4.78, 5) is 5.37. The molecule has 4 heterocycles. The van der Waals surface area contributed by atoms with Crippen molar-refractivity contribution in [2.45, 2.75) is 18.8 Å². The Labute approximate surface area is 331 Å². The van der Waals surface area contributed by atoms with E-state index in [1.165, 1.54) is 90.1 Å². The second-order valence-corrected chi connectivity index (χ2v) is 16.9. The Balaban J connectivity index is 1.00. The van der Waals surface area contributed by atoms with Crippen molar-refractivity contribution in [1.29, 1.82) is 0 Å². The summed E-state index contributed by atoms with van der Waals surface area (Å²) < 4.78 is 7.61. The number of nitrogens with zero attached hydrogens (tertiary/aromatic N) is 2. The molecule has 0 amide bonds. The molecular weight excluding hydrogens is 721 g/mol. The minimum atomic E-state index is -0.194. The quantitative estimate of drug-likeness (QED) is 0.172. The Morgan fingerprint density at radius 2 is 1.45 bits per heavy atom. The first-order valence-corrected chi connectivity index (χ1v) is 20.8. The molecule has 1 aliphatic heterocycles. The van der Waals surface area contributed by atoms with Crippen molar-refractivity contribution in [3.63, 3.8) is 0 Å². The van der Waals surface area contributed by atoms with Gasteiger partial charge in [-0.2, -0.15) is 0 Å². The molecule has 3 aromatic heterocycles. The topological polar surface area (TPSA) is 41.4 Å². The van der Waals surface area contributed by atoms with Crippen LogP contribution in [0.1, 0.15) is 18.2 Å². The fraction of sp³-hybridized carbons (Fsp3) is 0.0800. The number of amidine groups is 1. The van der Waals surface area contributed by atoms with E-state index < -0.39 is 0 Å². The monoisotopic (exact) mass is 754 g/mol. The Morgan fingerprint density at radius 1 is 0.679 bits per heavy atom. The van der Waals surface area contributed by atoms with E-state index in [0.717, 1.165) is 12.3 Å². The number of para-hydroxylation sites is 2. The van der Waals surface area contributed by atoms with Crippen molar-refractivity contribution in [3.8, 4) is 16.8 Å². The van der Waals surface area contributed by atoms with Crippen molar-refractivity contribution in [2.24, 2.45) is 10.9 Å². The number of thiophene rings is 2. The molecular formula is C50H34N4S2. The molecule has 0 saturated heterocycles. The van der Waals surface area contributed by atoms with Gasteiger partial charge in [0.25, 0.3) is 0 Å². The average molecular weight is 755 g/mol. The van der Waals surface area contributed by atoms with Crippen molar-refractivity contribution in [2.75, 3.05) is 0 Å². The lowest BCUT2D eigenvalue weighted by atomic mass is 9.96. The van der Waals surface area contributed by atoms with E-state index in [1.807, 2.05) is 28.7 Å². The van der Waals surface area contributed by atoms with Crippen LogP contribution in [0.25, 0.3) is 79.0 Å². The van der Waals surface area contributed by atoms with Crippen molar-refractivity contribution in [3.05, 3.63) is 181 Å². The zero-order chi connectivity index (χ0) is 36.7. The number of rotatable bonds is 5. The van der Waals surface area contributed by atoms with Gasteiger partial charge in [-0.05, 0) is 72.2 Å². The fourth-order valence-electron chi connectivity index (χ4n) is 9.05. The van der Waals surface area contributed by atoms with Crippen molar-refractivity contribution >= 4 is 90.7 Å². The van der Waals surface area contributed by atoms with E-state index in [2.05, 4.69) is 179 Å². The zero-order valence-electron chi connectivity index (χ0n) is 30.2. The molecule has 2 aliphatic carbocycles. The predicted octanol–water partition coefficient (Wildman–Crippen LogP) is 12.9. The highest BCUT2D eigenvalue weighted by molar-refractivity contribution is 7.27. The van der Waals surface area contributed by atoms with Crippen molar-refractivity contribution in [1.82, 2.24) is 15.2 Å². The number of benzene rings is 6.